The van der Waals surface area contributed by atoms with Crippen molar-refractivity contribution in [2.45, 2.75) is 0 Å². The van der Waals surface area contributed by atoms with Crippen LogP contribution in [-0.2, 0) is 0 Å². The average Bonchev–Trinajstić information content (AvgIpc) is 2.64. The van der Waals surface area contributed by atoms with Crippen LogP contribution in [0.25, 0.3) is 0 Å². The maximum atomic E-state index is 12.1. The molecule has 94 valence electrons. The number of aromatic amines is 1. The third-order valence-corrected chi connectivity index (χ3v) is 2.79. The molecule has 1 aliphatic rings. The Hall–Kier alpha value is -2.96. The first-order chi connectivity index (χ1) is 9.09. The topological polar surface area (TPSA) is 92.2 Å². The SMILES string of the molecule is O=C1c2ccccc2C(=O)N1n1ccc(=O)[nH]c1=O. The molecule has 1 aromatic heterocycles. The minimum absolute atomic E-state index is 0.227. The van der Waals surface area contributed by atoms with Crippen molar-refractivity contribution in [3.63, 3.8) is 0 Å². The van der Waals surface area contributed by atoms with Crippen molar-refractivity contribution >= 4 is 11.8 Å². The molecule has 0 radical (unpaired) electrons. The van der Waals surface area contributed by atoms with Gasteiger partial charge in [-0.2, -0.15) is 9.69 Å². The number of carbonyl (C=O) groups excluding carboxylic acids is 2. The van der Waals surface area contributed by atoms with Crippen LogP contribution in [0.4, 0.5) is 0 Å². The number of H-pyrrole nitrogens is 1. The van der Waals surface area contributed by atoms with Gasteiger partial charge in [0.1, 0.15) is 0 Å². The van der Waals surface area contributed by atoms with Crippen LogP contribution in [0.2, 0.25) is 0 Å². The zero-order valence-corrected chi connectivity index (χ0v) is 9.49. The molecule has 0 bridgehead atoms. The van der Waals surface area contributed by atoms with Gasteiger partial charge in [0.05, 0.1) is 11.1 Å². The van der Waals surface area contributed by atoms with Crippen molar-refractivity contribution in [1.82, 2.24) is 9.66 Å². The summed E-state index contributed by atoms with van der Waals surface area (Å²) < 4.78 is 0.784. The highest BCUT2D eigenvalue weighted by Gasteiger charge is 2.37. The molecule has 1 aromatic carbocycles. The number of fused-ring (bicyclic) bond motifs is 1. The molecular weight excluding hydrogens is 250 g/mol. The van der Waals surface area contributed by atoms with E-state index in [2.05, 4.69) is 0 Å². The molecule has 0 fully saturated rings. The van der Waals surface area contributed by atoms with Crippen molar-refractivity contribution < 1.29 is 9.59 Å². The molecule has 0 saturated carbocycles. The smallest absolute Gasteiger partial charge is 0.273 e. The van der Waals surface area contributed by atoms with Crippen LogP contribution < -0.4 is 16.3 Å². The summed E-state index contributed by atoms with van der Waals surface area (Å²) in [6, 6.07) is 7.33. The predicted molar refractivity (Wildman–Crippen MR) is 64.6 cm³/mol. The maximum absolute atomic E-state index is 12.1. The van der Waals surface area contributed by atoms with Crippen molar-refractivity contribution in [3.05, 3.63) is 68.5 Å². The average molecular weight is 257 g/mol. The van der Waals surface area contributed by atoms with E-state index in [-0.39, 0.29) is 11.1 Å². The molecule has 2 amide bonds. The molecule has 0 atom stereocenters. The first-order valence-electron chi connectivity index (χ1n) is 5.39. The normalized spacial score (nSPS) is 13.8. The van der Waals surface area contributed by atoms with E-state index in [0.29, 0.717) is 5.01 Å². The molecule has 0 unspecified atom stereocenters. The zero-order chi connectivity index (χ0) is 13.6. The molecule has 0 aliphatic carbocycles. The first kappa shape index (κ1) is 11.1. The Balaban J connectivity index is 2.19. The standard InChI is InChI=1S/C12H7N3O4/c16-9-5-6-14(12(19)13-9)15-10(17)7-3-1-2-4-8(7)11(15)18/h1-6H,(H,13,16,19). The molecule has 0 spiro atoms. The quantitative estimate of drug-likeness (QED) is 0.695. The molecule has 2 heterocycles. The van der Waals surface area contributed by atoms with Gasteiger partial charge in [-0.05, 0) is 12.1 Å². The summed E-state index contributed by atoms with van der Waals surface area (Å²) in [6.45, 7) is 0. The van der Waals surface area contributed by atoms with Crippen LogP contribution in [-0.4, -0.2) is 21.5 Å². The van der Waals surface area contributed by atoms with E-state index in [9.17, 15) is 19.2 Å². The Bertz CT molecular complexity index is 783. The van der Waals surface area contributed by atoms with Crippen molar-refractivity contribution in [2.24, 2.45) is 0 Å². The van der Waals surface area contributed by atoms with Gasteiger partial charge in [0.25, 0.3) is 17.4 Å². The number of imide groups is 1. The fourth-order valence-electron chi connectivity index (χ4n) is 1.94. The Morgan fingerprint density at radius 2 is 1.42 bits per heavy atom. The summed E-state index contributed by atoms with van der Waals surface area (Å²) in [5.74, 6) is -1.20. The van der Waals surface area contributed by atoms with Gasteiger partial charge in [0.15, 0.2) is 0 Å². The molecule has 19 heavy (non-hydrogen) atoms. The number of aromatic nitrogens is 2. The number of hydrogen-bond donors (Lipinski definition) is 1. The summed E-state index contributed by atoms with van der Waals surface area (Å²) >= 11 is 0. The molecule has 1 aliphatic heterocycles. The fourth-order valence-corrected chi connectivity index (χ4v) is 1.94. The molecule has 7 heteroatoms. The Morgan fingerprint density at radius 1 is 0.842 bits per heavy atom. The second-order valence-corrected chi connectivity index (χ2v) is 3.92. The van der Waals surface area contributed by atoms with E-state index in [1.165, 1.54) is 12.1 Å². The lowest BCUT2D eigenvalue weighted by molar-refractivity contribution is 0.0883. The van der Waals surface area contributed by atoms with Gasteiger partial charge in [0, 0.05) is 12.3 Å². The summed E-state index contributed by atoms with van der Waals surface area (Å²) in [6.07, 6.45) is 1.09. The van der Waals surface area contributed by atoms with E-state index in [1.807, 2.05) is 4.98 Å². The number of nitrogens with zero attached hydrogens (tertiary/aromatic N) is 2. The summed E-state index contributed by atoms with van der Waals surface area (Å²) in [5, 5.41) is 0.697. The zero-order valence-electron chi connectivity index (χ0n) is 9.49. The predicted octanol–water partition coefficient (Wildman–Crippen LogP) is -0.531. The van der Waals surface area contributed by atoms with Crippen LogP contribution in [0.5, 0.6) is 0 Å². The second-order valence-electron chi connectivity index (χ2n) is 3.92. The highest BCUT2D eigenvalue weighted by atomic mass is 16.2. The monoisotopic (exact) mass is 257 g/mol. The number of carbonyl (C=O) groups is 2. The minimum Gasteiger partial charge on any atom is -0.273 e. The van der Waals surface area contributed by atoms with Crippen LogP contribution in [0.1, 0.15) is 20.7 Å². The minimum atomic E-state index is -0.845. The van der Waals surface area contributed by atoms with Gasteiger partial charge in [-0.1, -0.05) is 12.1 Å². The molecular formula is C12H7N3O4. The summed E-state index contributed by atoms with van der Waals surface area (Å²) in [4.78, 5) is 48.8. The first-order valence-corrected chi connectivity index (χ1v) is 5.39. The molecule has 2 aromatic rings. The molecule has 3 rings (SSSR count). The Kier molecular flexibility index (Phi) is 2.21. The lowest BCUT2D eigenvalue weighted by atomic mass is 10.1. The largest absolute Gasteiger partial charge is 0.347 e. The number of rotatable bonds is 1. The highest BCUT2D eigenvalue weighted by Crippen LogP contribution is 2.20. The lowest BCUT2D eigenvalue weighted by Gasteiger charge is -2.14. The van der Waals surface area contributed by atoms with E-state index in [4.69, 9.17) is 0 Å². The van der Waals surface area contributed by atoms with E-state index < -0.39 is 23.1 Å². The fraction of sp³-hybridized carbons (Fsp3) is 0. The molecule has 0 saturated heterocycles. The van der Waals surface area contributed by atoms with Crippen molar-refractivity contribution in [1.29, 1.82) is 0 Å². The Morgan fingerprint density at radius 3 is 1.95 bits per heavy atom. The molecule has 7 nitrogen and oxygen atoms in total. The van der Waals surface area contributed by atoms with E-state index >= 15 is 0 Å². The third kappa shape index (κ3) is 1.52. The third-order valence-electron chi connectivity index (χ3n) is 2.79. The van der Waals surface area contributed by atoms with Crippen LogP contribution in [0, 0.1) is 0 Å². The van der Waals surface area contributed by atoms with Crippen LogP contribution in [0.15, 0.2) is 46.1 Å². The number of hydrogen-bond acceptors (Lipinski definition) is 4. The number of benzene rings is 1. The van der Waals surface area contributed by atoms with Crippen LogP contribution in [0.3, 0.4) is 0 Å². The van der Waals surface area contributed by atoms with Crippen molar-refractivity contribution in [2.75, 3.05) is 5.01 Å². The van der Waals surface area contributed by atoms with Gasteiger partial charge < -0.3 is 0 Å². The number of nitrogens with one attached hydrogen (secondary N) is 1. The van der Waals surface area contributed by atoms with Crippen LogP contribution >= 0.6 is 0 Å². The lowest BCUT2D eigenvalue weighted by Crippen LogP contribution is -2.48. The maximum Gasteiger partial charge on any atom is 0.347 e. The summed E-state index contributed by atoms with van der Waals surface area (Å²) in [5.41, 5.74) is -0.990. The van der Waals surface area contributed by atoms with Gasteiger partial charge in [-0.3, -0.25) is 19.4 Å². The van der Waals surface area contributed by atoms with E-state index in [1.54, 1.807) is 12.1 Å². The Labute approximate surface area is 105 Å². The highest BCUT2D eigenvalue weighted by molar-refractivity contribution is 6.30. The second kappa shape index (κ2) is 3.77. The van der Waals surface area contributed by atoms with Crippen molar-refractivity contribution in [3.8, 4) is 0 Å². The molecule has 1 N–H and O–H groups in total. The van der Waals surface area contributed by atoms with Gasteiger partial charge in [-0.15, -0.1) is 0 Å². The number of amides is 2. The van der Waals surface area contributed by atoms with Gasteiger partial charge >= 0.3 is 5.69 Å². The van der Waals surface area contributed by atoms with Gasteiger partial charge in [-0.25, -0.2) is 4.79 Å². The van der Waals surface area contributed by atoms with E-state index in [0.717, 1.165) is 16.9 Å². The van der Waals surface area contributed by atoms with Gasteiger partial charge in [0.2, 0.25) is 0 Å². The summed E-state index contributed by atoms with van der Waals surface area (Å²) in [7, 11) is 0.